The van der Waals surface area contributed by atoms with E-state index in [1.165, 1.54) is 67.2 Å². The molecule has 1 N–H and O–H groups in total. The van der Waals surface area contributed by atoms with Crippen LogP contribution in [0.5, 0.6) is 0 Å². The fourth-order valence-electron chi connectivity index (χ4n) is 5.02. The molecule has 0 heterocycles. The quantitative estimate of drug-likeness (QED) is 0.356. The first-order valence-corrected chi connectivity index (χ1v) is 14.4. The second-order valence-corrected chi connectivity index (χ2v) is 12.9. The summed E-state index contributed by atoms with van der Waals surface area (Å²) >= 11 is 0. The van der Waals surface area contributed by atoms with E-state index in [2.05, 4.69) is 97.0 Å². The van der Waals surface area contributed by atoms with E-state index in [4.69, 9.17) is 0 Å². The lowest BCUT2D eigenvalue weighted by Gasteiger charge is -2.20. The minimum atomic E-state index is 0.0284. The average molecular weight is 479 g/mol. The zero-order valence-corrected chi connectivity index (χ0v) is 24.0. The third-order valence-electron chi connectivity index (χ3n) is 7.52. The molecule has 196 valence electrons. The Morgan fingerprint density at radius 2 is 1.23 bits per heavy atom. The van der Waals surface area contributed by atoms with Crippen molar-refractivity contribution in [2.75, 3.05) is 0 Å². The van der Waals surface area contributed by atoms with E-state index in [0.717, 1.165) is 31.6 Å². The lowest BCUT2D eigenvalue weighted by atomic mass is 9.85. The second-order valence-electron chi connectivity index (χ2n) is 12.9. The van der Waals surface area contributed by atoms with Crippen LogP contribution in [-0.2, 0) is 23.7 Å². The molecule has 0 saturated heterocycles. The zero-order valence-electron chi connectivity index (χ0n) is 24.0. The van der Waals surface area contributed by atoms with Crippen LogP contribution in [0.15, 0.2) is 48.5 Å². The molecule has 2 atom stereocenters. The summed E-state index contributed by atoms with van der Waals surface area (Å²) in [7, 11) is 0. The van der Waals surface area contributed by atoms with Crippen molar-refractivity contribution in [3.63, 3.8) is 0 Å². The Morgan fingerprint density at radius 1 is 0.714 bits per heavy atom. The van der Waals surface area contributed by atoms with Crippen molar-refractivity contribution in [2.45, 2.75) is 136 Å². The van der Waals surface area contributed by atoms with Crippen LogP contribution in [0.25, 0.3) is 0 Å². The van der Waals surface area contributed by atoms with Crippen LogP contribution in [0.3, 0.4) is 0 Å². The summed E-state index contributed by atoms with van der Waals surface area (Å²) in [5, 5.41) is 9.34. The third kappa shape index (κ3) is 11.3. The molecule has 1 saturated carbocycles. The summed E-state index contributed by atoms with van der Waals surface area (Å²) in [6.45, 7) is 15.9. The molecule has 0 bridgehead atoms. The SMILES string of the molecule is CC(C)(C)c1cccc(CCc2cccc(C(C)(C)C)c2)c1.CCCCCCCC1CCC(O)C1. The first-order chi connectivity index (χ1) is 16.5. The van der Waals surface area contributed by atoms with Crippen LogP contribution in [0.2, 0.25) is 0 Å². The maximum Gasteiger partial charge on any atom is 0.0543 e. The van der Waals surface area contributed by atoms with Gasteiger partial charge in [-0.2, -0.15) is 0 Å². The summed E-state index contributed by atoms with van der Waals surface area (Å²) in [5.74, 6) is 0.844. The Bertz CT molecular complexity index is 794. The van der Waals surface area contributed by atoms with Crippen molar-refractivity contribution in [3.8, 4) is 0 Å². The molecule has 2 aromatic rings. The van der Waals surface area contributed by atoms with Gasteiger partial charge in [0, 0.05) is 0 Å². The van der Waals surface area contributed by atoms with E-state index < -0.39 is 0 Å². The van der Waals surface area contributed by atoms with Gasteiger partial charge in [-0.15, -0.1) is 0 Å². The lowest BCUT2D eigenvalue weighted by molar-refractivity contribution is 0.176. The standard InChI is InChI=1S/C22H30.C12H24O/c1-21(2,3)19-11-7-9-17(15-19)13-14-18-10-8-12-20(16-18)22(4,5)6;1-2-3-4-5-6-7-11-8-9-12(13)10-11/h7-12,15-16H,13-14H2,1-6H3;11-13H,2-10H2,1H3. The monoisotopic (exact) mass is 478 g/mol. The van der Waals surface area contributed by atoms with Gasteiger partial charge in [0.15, 0.2) is 0 Å². The number of unbranched alkanes of at least 4 members (excludes halogenated alkanes) is 4. The number of aliphatic hydroxyl groups is 1. The highest BCUT2D eigenvalue weighted by molar-refractivity contribution is 5.31. The summed E-state index contributed by atoms with van der Waals surface area (Å²) in [4.78, 5) is 0. The van der Waals surface area contributed by atoms with Gasteiger partial charge in [0.25, 0.3) is 0 Å². The predicted octanol–water partition coefficient (Wildman–Crippen LogP) is 9.57. The highest BCUT2D eigenvalue weighted by Gasteiger charge is 2.21. The van der Waals surface area contributed by atoms with Crippen LogP contribution in [0, 0.1) is 5.92 Å². The van der Waals surface area contributed by atoms with E-state index in [0.29, 0.717) is 0 Å². The highest BCUT2D eigenvalue weighted by Crippen LogP contribution is 2.30. The Morgan fingerprint density at radius 3 is 1.66 bits per heavy atom. The van der Waals surface area contributed by atoms with Crippen LogP contribution in [0.4, 0.5) is 0 Å². The summed E-state index contributed by atoms with van der Waals surface area (Å²) in [6, 6.07) is 18.1. The van der Waals surface area contributed by atoms with Gasteiger partial charge < -0.3 is 5.11 Å². The highest BCUT2D eigenvalue weighted by atomic mass is 16.3. The molecule has 0 aromatic heterocycles. The van der Waals surface area contributed by atoms with E-state index in [1.54, 1.807) is 0 Å². The van der Waals surface area contributed by atoms with Gasteiger partial charge >= 0.3 is 0 Å². The summed E-state index contributed by atoms with van der Waals surface area (Å²) in [5.41, 5.74) is 6.17. The van der Waals surface area contributed by atoms with Crippen LogP contribution in [0.1, 0.15) is 129 Å². The number of hydrogen-bond donors (Lipinski definition) is 1. The molecule has 0 aliphatic heterocycles. The average Bonchev–Trinajstić information content (AvgIpc) is 3.22. The van der Waals surface area contributed by atoms with Gasteiger partial charge in [0.05, 0.1) is 6.10 Å². The van der Waals surface area contributed by atoms with Crippen molar-refractivity contribution in [3.05, 3.63) is 70.8 Å². The zero-order chi connectivity index (χ0) is 25.9. The van der Waals surface area contributed by atoms with E-state index >= 15 is 0 Å². The minimum absolute atomic E-state index is 0.0284. The number of benzene rings is 2. The molecule has 1 aliphatic carbocycles. The molecule has 0 amide bonds. The fourth-order valence-corrected chi connectivity index (χ4v) is 5.02. The molecule has 2 unspecified atom stereocenters. The van der Waals surface area contributed by atoms with Crippen molar-refractivity contribution >= 4 is 0 Å². The van der Waals surface area contributed by atoms with Crippen LogP contribution >= 0.6 is 0 Å². The van der Waals surface area contributed by atoms with Crippen molar-refractivity contribution in [1.82, 2.24) is 0 Å². The lowest BCUT2D eigenvalue weighted by Crippen LogP contribution is -2.12. The third-order valence-corrected chi connectivity index (χ3v) is 7.52. The predicted molar refractivity (Wildman–Crippen MR) is 154 cm³/mol. The molecule has 1 aliphatic rings. The molecule has 1 heteroatoms. The smallest absolute Gasteiger partial charge is 0.0543 e. The number of aliphatic hydroxyl groups excluding tert-OH is 1. The van der Waals surface area contributed by atoms with Crippen LogP contribution in [-0.4, -0.2) is 11.2 Å². The van der Waals surface area contributed by atoms with Crippen LogP contribution < -0.4 is 0 Å². The number of aryl methyl sites for hydroxylation is 2. The molecular weight excluding hydrogens is 424 g/mol. The fraction of sp³-hybridized carbons (Fsp3) is 0.647. The molecule has 3 rings (SSSR count). The van der Waals surface area contributed by atoms with Gasteiger partial charge in [-0.3, -0.25) is 0 Å². The minimum Gasteiger partial charge on any atom is -0.393 e. The van der Waals surface area contributed by atoms with Crippen molar-refractivity contribution in [2.24, 2.45) is 5.92 Å². The van der Waals surface area contributed by atoms with Gasteiger partial charge in [0.2, 0.25) is 0 Å². The van der Waals surface area contributed by atoms with Gasteiger partial charge in [-0.1, -0.05) is 136 Å². The van der Waals surface area contributed by atoms with E-state index in [9.17, 15) is 5.11 Å². The Balaban J connectivity index is 0.000000283. The largest absolute Gasteiger partial charge is 0.393 e. The Labute approximate surface area is 217 Å². The van der Waals surface area contributed by atoms with Crippen molar-refractivity contribution < 1.29 is 5.11 Å². The molecule has 1 fully saturated rings. The summed E-state index contributed by atoms with van der Waals surface area (Å²) in [6.07, 6.45) is 13.9. The molecule has 1 nitrogen and oxygen atoms in total. The molecular formula is C34H54O. The summed E-state index contributed by atoms with van der Waals surface area (Å²) < 4.78 is 0. The molecule has 35 heavy (non-hydrogen) atoms. The molecule has 0 radical (unpaired) electrons. The van der Waals surface area contributed by atoms with E-state index in [1.807, 2.05) is 0 Å². The van der Waals surface area contributed by atoms with Gasteiger partial charge in [-0.05, 0) is 71.1 Å². The van der Waals surface area contributed by atoms with E-state index in [-0.39, 0.29) is 16.9 Å². The first kappa shape index (κ1) is 29.6. The normalized spacial score (nSPS) is 18.3. The molecule has 2 aromatic carbocycles. The molecule has 0 spiro atoms. The maximum atomic E-state index is 9.34. The second kappa shape index (κ2) is 14.2. The first-order valence-electron chi connectivity index (χ1n) is 14.4. The Kier molecular flexibility index (Phi) is 12.0. The van der Waals surface area contributed by atoms with Gasteiger partial charge in [0.1, 0.15) is 0 Å². The maximum absolute atomic E-state index is 9.34. The van der Waals surface area contributed by atoms with Gasteiger partial charge in [-0.25, -0.2) is 0 Å². The Hall–Kier alpha value is -1.60. The number of hydrogen-bond acceptors (Lipinski definition) is 1. The van der Waals surface area contributed by atoms with Crippen molar-refractivity contribution in [1.29, 1.82) is 0 Å². The topological polar surface area (TPSA) is 20.2 Å². The number of rotatable bonds is 9.